The predicted molar refractivity (Wildman–Crippen MR) is 69.1 cm³/mol. The van der Waals surface area contributed by atoms with Crippen LogP contribution >= 0.6 is 0 Å². The molecule has 0 heterocycles. The zero-order valence-corrected chi connectivity index (χ0v) is 11.1. The lowest BCUT2D eigenvalue weighted by Gasteiger charge is -2.20. The number of hydrogen-bond acceptors (Lipinski definition) is 3. The second-order valence-electron chi connectivity index (χ2n) is 5.18. The van der Waals surface area contributed by atoms with E-state index in [1.165, 1.54) is 0 Å². The molecule has 0 radical (unpaired) electrons. The molecule has 0 aromatic heterocycles. The minimum atomic E-state index is 0.0898. The number of carbonyl (C=O) groups excluding carboxylic acids is 2. The lowest BCUT2D eigenvalue weighted by atomic mass is 10.3. The van der Waals surface area contributed by atoms with E-state index in [1.54, 1.807) is 0 Å². The fourth-order valence-electron chi connectivity index (χ4n) is 2.05. The highest BCUT2D eigenvalue weighted by atomic mass is 16.2. The van der Waals surface area contributed by atoms with E-state index in [9.17, 15) is 9.59 Å². The summed E-state index contributed by atoms with van der Waals surface area (Å²) < 4.78 is 0. The molecule has 0 aromatic carbocycles. The highest BCUT2D eigenvalue weighted by Gasteiger charge is 2.30. The van der Waals surface area contributed by atoms with Gasteiger partial charge >= 0.3 is 0 Å². The zero-order chi connectivity index (χ0) is 13.0. The molecule has 0 aliphatic heterocycles. The van der Waals surface area contributed by atoms with Crippen molar-refractivity contribution in [2.24, 2.45) is 0 Å². The molecule has 0 bridgehead atoms. The third kappa shape index (κ3) is 4.29. The van der Waals surface area contributed by atoms with Crippen molar-refractivity contribution in [2.75, 3.05) is 19.6 Å². The Morgan fingerprint density at radius 3 is 2.50 bits per heavy atom. The fourth-order valence-corrected chi connectivity index (χ4v) is 2.05. The van der Waals surface area contributed by atoms with Gasteiger partial charge in [-0.2, -0.15) is 0 Å². The minimum Gasteiger partial charge on any atom is -0.353 e. The number of nitrogens with one attached hydrogen (secondary N) is 2. The smallest absolute Gasteiger partial charge is 0.236 e. The monoisotopic (exact) mass is 253 g/mol. The first-order valence-corrected chi connectivity index (χ1v) is 7.00. The van der Waals surface area contributed by atoms with Gasteiger partial charge in [0, 0.05) is 31.6 Å². The Labute approximate surface area is 108 Å². The van der Waals surface area contributed by atoms with Crippen molar-refractivity contribution < 1.29 is 9.59 Å². The van der Waals surface area contributed by atoms with Crippen LogP contribution in [0, 0.1) is 0 Å². The average Bonchev–Trinajstić information content (AvgIpc) is 3.19. The topological polar surface area (TPSA) is 61.4 Å². The van der Waals surface area contributed by atoms with Gasteiger partial charge in [-0.25, -0.2) is 0 Å². The van der Waals surface area contributed by atoms with Crippen molar-refractivity contribution in [3.05, 3.63) is 0 Å². The van der Waals surface area contributed by atoms with Crippen molar-refractivity contribution in [3.63, 3.8) is 0 Å². The van der Waals surface area contributed by atoms with Gasteiger partial charge in [-0.05, 0) is 32.6 Å². The predicted octanol–water partition coefficient (Wildman–Crippen LogP) is 0.256. The highest BCUT2D eigenvalue weighted by molar-refractivity contribution is 5.79. The van der Waals surface area contributed by atoms with E-state index < -0.39 is 0 Å². The van der Waals surface area contributed by atoms with Crippen LogP contribution in [-0.4, -0.2) is 48.4 Å². The van der Waals surface area contributed by atoms with E-state index in [4.69, 9.17) is 0 Å². The van der Waals surface area contributed by atoms with Crippen molar-refractivity contribution >= 4 is 11.8 Å². The van der Waals surface area contributed by atoms with Crippen LogP contribution in [0.25, 0.3) is 0 Å². The van der Waals surface area contributed by atoms with Gasteiger partial charge in [0.15, 0.2) is 0 Å². The van der Waals surface area contributed by atoms with Crippen molar-refractivity contribution in [2.45, 2.75) is 51.1 Å². The summed E-state index contributed by atoms with van der Waals surface area (Å²) in [6.45, 7) is 3.72. The molecule has 2 amide bonds. The molecule has 2 N–H and O–H groups in total. The van der Waals surface area contributed by atoms with Crippen LogP contribution in [0.2, 0.25) is 0 Å². The van der Waals surface area contributed by atoms with Gasteiger partial charge in [-0.1, -0.05) is 0 Å². The van der Waals surface area contributed by atoms with Crippen molar-refractivity contribution in [1.29, 1.82) is 0 Å². The molecule has 5 heteroatoms. The van der Waals surface area contributed by atoms with Crippen molar-refractivity contribution in [3.8, 4) is 0 Å². The fraction of sp³-hybridized carbons (Fsp3) is 0.846. The van der Waals surface area contributed by atoms with Crippen LogP contribution in [0.1, 0.15) is 39.0 Å². The summed E-state index contributed by atoms with van der Waals surface area (Å²) in [6.07, 6.45) is 4.97. The molecular formula is C13H23N3O2. The van der Waals surface area contributed by atoms with E-state index in [-0.39, 0.29) is 11.8 Å². The molecule has 2 saturated carbocycles. The quantitative estimate of drug-likeness (QED) is 0.610. The van der Waals surface area contributed by atoms with E-state index in [2.05, 4.69) is 10.6 Å². The van der Waals surface area contributed by atoms with E-state index in [0.717, 1.165) is 32.2 Å². The maximum atomic E-state index is 11.9. The largest absolute Gasteiger partial charge is 0.353 e. The molecule has 0 unspecified atom stereocenters. The molecule has 2 rings (SSSR count). The van der Waals surface area contributed by atoms with Crippen LogP contribution in [0.5, 0.6) is 0 Å². The van der Waals surface area contributed by atoms with Gasteiger partial charge in [0.25, 0.3) is 0 Å². The number of amides is 2. The van der Waals surface area contributed by atoms with Gasteiger partial charge in [0.2, 0.25) is 11.8 Å². The zero-order valence-electron chi connectivity index (χ0n) is 11.1. The summed E-state index contributed by atoms with van der Waals surface area (Å²) in [4.78, 5) is 25.2. The van der Waals surface area contributed by atoms with Crippen LogP contribution < -0.4 is 10.6 Å². The lowest BCUT2D eigenvalue weighted by molar-refractivity contribution is -0.130. The highest BCUT2D eigenvalue weighted by Crippen LogP contribution is 2.26. The molecule has 2 fully saturated rings. The molecule has 0 aromatic rings. The molecular weight excluding hydrogens is 230 g/mol. The standard InChI is InChI=1S/C13H23N3O2/c1-2-16(11-5-6-11)13(18)9-14-8-7-12(17)15-10-3-4-10/h10-11,14H,2-9H2,1H3,(H,15,17). The number of nitrogens with zero attached hydrogens (tertiary/aromatic N) is 1. The van der Waals surface area contributed by atoms with Gasteiger partial charge in [-0.15, -0.1) is 0 Å². The Balaban J connectivity index is 1.53. The Kier molecular flexibility index (Phi) is 4.58. The van der Waals surface area contributed by atoms with E-state index >= 15 is 0 Å². The maximum absolute atomic E-state index is 11.9. The molecule has 2 aliphatic carbocycles. The van der Waals surface area contributed by atoms with E-state index in [0.29, 0.717) is 31.6 Å². The van der Waals surface area contributed by atoms with Crippen LogP contribution in [0.4, 0.5) is 0 Å². The molecule has 5 nitrogen and oxygen atoms in total. The number of carbonyl (C=O) groups is 2. The first-order valence-electron chi connectivity index (χ1n) is 7.00. The molecule has 18 heavy (non-hydrogen) atoms. The maximum Gasteiger partial charge on any atom is 0.236 e. The lowest BCUT2D eigenvalue weighted by Crippen LogP contribution is -2.40. The number of rotatable bonds is 8. The van der Waals surface area contributed by atoms with Gasteiger partial charge in [0.1, 0.15) is 0 Å². The second kappa shape index (κ2) is 6.18. The Morgan fingerprint density at radius 2 is 1.94 bits per heavy atom. The molecule has 0 atom stereocenters. The summed E-state index contributed by atoms with van der Waals surface area (Å²) in [5, 5.41) is 5.98. The van der Waals surface area contributed by atoms with Gasteiger partial charge in [-0.3, -0.25) is 9.59 Å². The van der Waals surface area contributed by atoms with Crippen LogP contribution in [0.15, 0.2) is 0 Å². The van der Waals surface area contributed by atoms with Crippen molar-refractivity contribution in [1.82, 2.24) is 15.5 Å². The van der Waals surface area contributed by atoms with Crippen LogP contribution in [-0.2, 0) is 9.59 Å². The average molecular weight is 253 g/mol. The Morgan fingerprint density at radius 1 is 1.22 bits per heavy atom. The molecule has 2 aliphatic rings. The molecule has 0 spiro atoms. The third-order valence-corrected chi connectivity index (χ3v) is 3.40. The summed E-state index contributed by atoms with van der Waals surface area (Å²) >= 11 is 0. The van der Waals surface area contributed by atoms with Gasteiger partial charge < -0.3 is 15.5 Å². The second-order valence-corrected chi connectivity index (χ2v) is 5.18. The summed E-state index contributed by atoms with van der Waals surface area (Å²) in [6, 6.07) is 0.895. The van der Waals surface area contributed by atoms with Gasteiger partial charge in [0.05, 0.1) is 6.54 Å². The molecule has 102 valence electrons. The summed E-state index contributed by atoms with van der Waals surface area (Å²) in [5.74, 6) is 0.245. The Bertz CT molecular complexity index is 311. The first-order chi connectivity index (χ1) is 8.70. The minimum absolute atomic E-state index is 0.0898. The van der Waals surface area contributed by atoms with E-state index in [1.807, 2.05) is 11.8 Å². The molecule has 0 saturated heterocycles. The first kappa shape index (κ1) is 13.3. The number of likely N-dealkylation sites (N-methyl/N-ethyl adjacent to an activating group) is 1. The SMILES string of the molecule is CCN(C(=O)CNCCC(=O)NC1CC1)C1CC1. The summed E-state index contributed by atoms with van der Waals surface area (Å²) in [5.41, 5.74) is 0. The normalized spacial score (nSPS) is 18.5. The summed E-state index contributed by atoms with van der Waals surface area (Å²) in [7, 11) is 0. The number of hydrogen-bond donors (Lipinski definition) is 2. The van der Waals surface area contributed by atoms with Crippen LogP contribution in [0.3, 0.4) is 0 Å². The third-order valence-electron chi connectivity index (χ3n) is 3.40. The Hall–Kier alpha value is -1.10.